The largest absolute Gasteiger partial charge is 0.507 e. The molecular weight excluding hydrogens is 252 g/mol. The molecule has 1 rings (SSSR count). The minimum atomic E-state index is -0.548. The Morgan fingerprint density at radius 2 is 2.17 bits per heavy atom. The Labute approximate surface area is 109 Å². The molecule has 7 heteroatoms. The number of hydrazone groups is 1. The zero-order valence-electron chi connectivity index (χ0n) is 9.33. The first-order chi connectivity index (χ1) is 8.49. The number of nitrogens with zero attached hydrogens (tertiary/aromatic N) is 1. The number of nitrogens with two attached hydrogens (primary N) is 2. The number of thiocarbonyl (C=S) groups is 1. The van der Waals surface area contributed by atoms with Crippen molar-refractivity contribution < 1.29 is 9.90 Å². The van der Waals surface area contributed by atoms with Gasteiger partial charge in [-0.25, -0.2) is 0 Å². The normalized spacial score (nSPS) is 10.9. The summed E-state index contributed by atoms with van der Waals surface area (Å²) in [6.07, 6.45) is 4.11. The molecule has 1 aromatic rings. The standard InChI is InChI=1S/C11H12N4O2S/c12-10(17)4-2-7-1-3-9(16)8(5-7)6-14-15-11(13)18/h1-6,16H,(H2,12,17)(H3,13,15,18)/b4-2+,14-6+. The number of primary amides is 1. The lowest BCUT2D eigenvalue weighted by Gasteiger charge is -2.01. The molecule has 0 heterocycles. The van der Waals surface area contributed by atoms with Crippen LogP contribution >= 0.6 is 12.2 Å². The monoisotopic (exact) mass is 264 g/mol. The van der Waals surface area contributed by atoms with Gasteiger partial charge in [-0.15, -0.1) is 0 Å². The van der Waals surface area contributed by atoms with Crippen LogP contribution in [0, 0.1) is 0 Å². The van der Waals surface area contributed by atoms with Crippen molar-refractivity contribution in [2.45, 2.75) is 0 Å². The highest BCUT2D eigenvalue weighted by atomic mass is 32.1. The summed E-state index contributed by atoms with van der Waals surface area (Å²) in [5, 5.41) is 13.3. The summed E-state index contributed by atoms with van der Waals surface area (Å²) >= 11 is 4.57. The zero-order valence-corrected chi connectivity index (χ0v) is 10.1. The second-order valence-corrected chi connectivity index (χ2v) is 3.73. The first kappa shape index (κ1) is 13.7. The van der Waals surface area contributed by atoms with Gasteiger partial charge in [-0.3, -0.25) is 10.2 Å². The van der Waals surface area contributed by atoms with Gasteiger partial charge in [-0.05, 0) is 36.0 Å². The van der Waals surface area contributed by atoms with Gasteiger partial charge in [0.05, 0.1) is 6.21 Å². The molecule has 0 unspecified atom stereocenters. The fourth-order valence-electron chi connectivity index (χ4n) is 1.12. The predicted octanol–water partition coefficient (Wildman–Crippen LogP) is 0.0578. The number of nitrogens with one attached hydrogen (secondary N) is 1. The molecule has 1 amide bonds. The smallest absolute Gasteiger partial charge is 0.241 e. The van der Waals surface area contributed by atoms with Crippen LogP contribution < -0.4 is 16.9 Å². The van der Waals surface area contributed by atoms with E-state index in [1.807, 2.05) is 0 Å². The van der Waals surface area contributed by atoms with E-state index in [0.29, 0.717) is 11.1 Å². The summed E-state index contributed by atoms with van der Waals surface area (Å²) in [4.78, 5) is 10.6. The summed E-state index contributed by atoms with van der Waals surface area (Å²) < 4.78 is 0. The number of phenolic OH excluding ortho intramolecular Hbond substituents is 1. The molecule has 6 nitrogen and oxygen atoms in total. The molecule has 0 saturated heterocycles. The molecule has 0 aliphatic carbocycles. The minimum absolute atomic E-state index is 0.0236. The number of hydrogen-bond acceptors (Lipinski definition) is 4. The van der Waals surface area contributed by atoms with Gasteiger partial charge >= 0.3 is 0 Å². The zero-order chi connectivity index (χ0) is 13.5. The van der Waals surface area contributed by atoms with Crippen LogP contribution in [-0.4, -0.2) is 22.3 Å². The number of amides is 1. The van der Waals surface area contributed by atoms with Crippen molar-refractivity contribution in [2.75, 3.05) is 0 Å². The van der Waals surface area contributed by atoms with Crippen LogP contribution in [0.4, 0.5) is 0 Å². The molecule has 0 saturated carbocycles. The predicted molar refractivity (Wildman–Crippen MR) is 73.9 cm³/mol. The van der Waals surface area contributed by atoms with Crippen molar-refractivity contribution >= 4 is 35.5 Å². The molecule has 0 bridgehead atoms. The summed E-state index contributed by atoms with van der Waals surface area (Å²) in [7, 11) is 0. The highest BCUT2D eigenvalue weighted by Crippen LogP contribution is 2.17. The van der Waals surface area contributed by atoms with Crippen LogP contribution in [0.15, 0.2) is 29.4 Å². The van der Waals surface area contributed by atoms with Crippen LogP contribution in [0.1, 0.15) is 11.1 Å². The maximum Gasteiger partial charge on any atom is 0.241 e. The molecule has 6 N–H and O–H groups in total. The van der Waals surface area contributed by atoms with Gasteiger partial charge in [0.25, 0.3) is 0 Å². The van der Waals surface area contributed by atoms with E-state index >= 15 is 0 Å². The van der Waals surface area contributed by atoms with E-state index < -0.39 is 5.91 Å². The summed E-state index contributed by atoms with van der Waals surface area (Å²) in [6, 6.07) is 4.73. The van der Waals surface area contributed by atoms with Crippen molar-refractivity contribution in [2.24, 2.45) is 16.6 Å². The second kappa shape index (κ2) is 6.36. The van der Waals surface area contributed by atoms with E-state index in [4.69, 9.17) is 11.5 Å². The van der Waals surface area contributed by atoms with E-state index in [-0.39, 0.29) is 10.9 Å². The molecule has 0 radical (unpaired) electrons. The summed E-state index contributed by atoms with van der Waals surface area (Å²) in [6.45, 7) is 0. The first-order valence-corrected chi connectivity index (χ1v) is 5.29. The van der Waals surface area contributed by atoms with Crippen molar-refractivity contribution in [3.63, 3.8) is 0 Å². The fourth-order valence-corrected chi connectivity index (χ4v) is 1.18. The van der Waals surface area contributed by atoms with E-state index in [2.05, 4.69) is 22.7 Å². The molecule has 94 valence electrons. The molecular formula is C11H12N4O2S. The lowest BCUT2D eigenvalue weighted by molar-refractivity contribution is -0.113. The van der Waals surface area contributed by atoms with Crippen molar-refractivity contribution in [1.29, 1.82) is 0 Å². The number of benzene rings is 1. The van der Waals surface area contributed by atoms with E-state index in [9.17, 15) is 9.90 Å². The van der Waals surface area contributed by atoms with Crippen LogP contribution in [0.2, 0.25) is 0 Å². The average molecular weight is 264 g/mol. The lowest BCUT2D eigenvalue weighted by atomic mass is 10.1. The number of rotatable bonds is 4. The van der Waals surface area contributed by atoms with Crippen molar-refractivity contribution in [1.82, 2.24) is 5.43 Å². The van der Waals surface area contributed by atoms with Gasteiger partial charge in [0, 0.05) is 11.6 Å². The number of phenols is 1. The average Bonchev–Trinajstić information content (AvgIpc) is 2.29. The van der Waals surface area contributed by atoms with Crippen molar-refractivity contribution in [3.8, 4) is 5.75 Å². The maximum atomic E-state index is 10.6. The van der Waals surface area contributed by atoms with Gasteiger partial charge in [-0.1, -0.05) is 6.07 Å². The molecule has 0 spiro atoms. The van der Waals surface area contributed by atoms with E-state index in [1.54, 1.807) is 12.1 Å². The highest BCUT2D eigenvalue weighted by molar-refractivity contribution is 7.80. The maximum absolute atomic E-state index is 10.6. The van der Waals surface area contributed by atoms with Crippen LogP contribution in [0.3, 0.4) is 0 Å². The van der Waals surface area contributed by atoms with Crippen LogP contribution in [-0.2, 0) is 4.79 Å². The van der Waals surface area contributed by atoms with Gasteiger partial charge in [-0.2, -0.15) is 5.10 Å². The van der Waals surface area contributed by atoms with Gasteiger partial charge < -0.3 is 16.6 Å². The Morgan fingerprint density at radius 3 is 2.78 bits per heavy atom. The van der Waals surface area contributed by atoms with E-state index in [0.717, 1.165) is 0 Å². The number of carbonyl (C=O) groups excluding carboxylic acids is 1. The third-order valence-electron chi connectivity index (χ3n) is 1.87. The quantitative estimate of drug-likeness (QED) is 0.266. The van der Waals surface area contributed by atoms with Crippen molar-refractivity contribution in [3.05, 3.63) is 35.4 Å². The fraction of sp³-hybridized carbons (Fsp3) is 0. The Hall–Kier alpha value is -2.41. The molecule has 0 atom stereocenters. The van der Waals surface area contributed by atoms with Gasteiger partial charge in [0.15, 0.2) is 5.11 Å². The third kappa shape index (κ3) is 4.62. The lowest BCUT2D eigenvalue weighted by Crippen LogP contribution is -2.23. The second-order valence-electron chi connectivity index (χ2n) is 3.29. The first-order valence-electron chi connectivity index (χ1n) is 4.88. The number of aromatic hydroxyl groups is 1. The Kier molecular flexibility index (Phi) is 4.82. The molecule has 18 heavy (non-hydrogen) atoms. The summed E-state index contributed by atoms with van der Waals surface area (Å²) in [5.41, 5.74) is 13.7. The Balaban J connectivity index is 2.90. The topological polar surface area (TPSA) is 114 Å². The minimum Gasteiger partial charge on any atom is -0.507 e. The Bertz CT molecular complexity index is 526. The van der Waals surface area contributed by atoms with E-state index in [1.165, 1.54) is 24.4 Å². The summed E-state index contributed by atoms with van der Waals surface area (Å²) in [5.74, 6) is -0.506. The third-order valence-corrected chi connectivity index (χ3v) is 1.96. The van der Waals surface area contributed by atoms with Gasteiger partial charge in [0.1, 0.15) is 5.75 Å². The Morgan fingerprint density at radius 1 is 1.44 bits per heavy atom. The SMILES string of the molecule is NC(=O)/C=C/c1ccc(O)c(/C=N/NC(N)=S)c1. The highest BCUT2D eigenvalue weighted by Gasteiger charge is 1.99. The molecule has 1 aromatic carbocycles. The molecule has 0 fully saturated rings. The molecule has 0 aliphatic heterocycles. The van der Waals surface area contributed by atoms with Crippen LogP contribution in [0.5, 0.6) is 5.75 Å². The van der Waals surface area contributed by atoms with Crippen LogP contribution in [0.25, 0.3) is 6.08 Å². The molecule has 0 aliphatic rings. The number of hydrogen-bond donors (Lipinski definition) is 4. The number of carbonyl (C=O) groups is 1. The van der Waals surface area contributed by atoms with Gasteiger partial charge in [0.2, 0.25) is 5.91 Å². The molecule has 0 aromatic heterocycles.